The van der Waals surface area contributed by atoms with E-state index in [0.717, 1.165) is 31.6 Å². The molecule has 3 N–H and O–H groups in total. The summed E-state index contributed by atoms with van der Waals surface area (Å²) in [6.07, 6.45) is 6.60. The molecule has 1 fully saturated rings. The first-order valence-electron chi connectivity index (χ1n) is 6.73. The molecular weight excluding hydrogens is 264 g/mol. The first kappa shape index (κ1) is 14.3. The van der Waals surface area contributed by atoms with E-state index in [4.69, 9.17) is 5.73 Å². The summed E-state index contributed by atoms with van der Waals surface area (Å²) in [5.41, 5.74) is 5.63. The third-order valence-electron chi connectivity index (χ3n) is 3.86. The second kappa shape index (κ2) is 5.50. The number of rotatable bonds is 4. The molecule has 2 rings (SSSR count). The highest BCUT2D eigenvalue weighted by Crippen LogP contribution is 2.27. The Kier molecular flexibility index (Phi) is 4.15. The summed E-state index contributed by atoms with van der Waals surface area (Å²) in [7, 11) is -1.90. The van der Waals surface area contributed by atoms with Crippen LogP contribution in [0.15, 0.2) is 11.1 Å². The molecule has 0 unspecified atom stereocenters. The number of aromatic nitrogens is 2. The van der Waals surface area contributed by atoms with Crippen LogP contribution in [0, 0.1) is 5.92 Å². The molecule has 1 aliphatic carbocycles. The number of nitrogen functional groups attached to an aromatic ring is 1. The van der Waals surface area contributed by atoms with Crippen molar-refractivity contribution in [3.63, 3.8) is 0 Å². The Hall–Kier alpha value is -1.08. The zero-order chi connectivity index (χ0) is 14.0. The molecule has 0 amide bonds. The molecule has 0 radical (unpaired) electrons. The molecule has 1 aromatic rings. The Morgan fingerprint density at radius 1 is 1.42 bits per heavy atom. The van der Waals surface area contributed by atoms with Crippen molar-refractivity contribution in [3.8, 4) is 0 Å². The van der Waals surface area contributed by atoms with Gasteiger partial charge in [0.2, 0.25) is 10.0 Å². The van der Waals surface area contributed by atoms with Crippen LogP contribution < -0.4 is 10.5 Å². The molecule has 1 aliphatic rings. The highest BCUT2D eigenvalue weighted by Gasteiger charge is 2.27. The van der Waals surface area contributed by atoms with Crippen molar-refractivity contribution in [3.05, 3.63) is 6.20 Å². The Labute approximate surface area is 114 Å². The normalized spacial score (nSPS) is 24.5. The number of hydrogen-bond acceptors (Lipinski definition) is 4. The number of anilines is 1. The molecule has 0 bridgehead atoms. The van der Waals surface area contributed by atoms with Crippen LogP contribution in [0.2, 0.25) is 0 Å². The second-order valence-electron chi connectivity index (χ2n) is 5.30. The number of sulfonamides is 1. The monoisotopic (exact) mass is 286 g/mol. The first-order chi connectivity index (χ1) is 8.92. The van der Waals surface area contributed by atoms with Crippen LogP contribution >= 0.6 is 0 Å². The van der Waals surface area contributed by atoms with E-state index in [0.29, 0.717) is 0 Å². The van der Waals surface area contributed by atoms with Crippen molar-refractivity contribution in [1.82, 2.24) is 14.5 Å². The lowest BCUT2D eigenvalue weighted by molar-refractivity contribution is 0.306. The predicted molar refractivity (Wildman–Crippen MR) is 74.0 cm³/mol. The second-order valence-corrected chi connectivity index (χ2v) is 6.98. The lowest BCUT2D eigenvalue weighted by Crippen LogP contribution is -2.37. The van der Waals surface area contributed by atoms with Crippen LogP contribution in [0.4, 0.5) is 5.82 Å². The molecule has 0 aliphatic heterocycles. The molecule has 0 atom stereocenters. The van der Waals surface area contributed by atoms with E-state index in [1.807, 2.05) is 0 Å². The fraction of sp³-hybridized carbons (Fsp3) is 0.750. The van der Waals surface area contributed by atoms with Crippen LogP contribution in [-0.2, 0) is 17.1 Å². The zero-order valence-corrected chi connectivity index (χ0v) is 12.3. The van der Waals surface area contributed by atoms with E-state index in [-0.39, 0.29) is 16.8 Å². The van der Waals surface area contributed by atoms with Gasteiger partial charge in [0.25, 0.3) is 0 Å². The summed E-state index contributed by atoms with van der Waals surface area (Å²) in [6, 6.07) is 0.0207. The van der Waals surface area contributed by atoms with E-state index >= 15 is 0 Å². The first-order valence-corrected chi connectivity index (χ1v) is 8.22. The SMILES string of the molecule is CCC1CCC(NS(=O)(=O)c2cn(C)nc2N)CC1. The number of nitrogens with zero attached hydrogens (tertiary/aromatic N) is 2. The lowest BCUT2D eigenvalue weighted by atomic mass is 9.85. The molecule has 6 nitrogen and oxygen atoms in total. The highest BCUT2D eigenvalue weighted by molar-refractivity contribution is 7.89. The molecule has 1 aromatic heterocycles. The Bertz CT molecular complexity index is 530. The van der Waals surface area contributed by atoms with Gasteiger partial charge in [-0.05, 0) is 31.6 Å². The van der Waals surface area contributed by atoms with Gasteiger partial charge in [0.15, 0.2) is 5.82 Å². The van der Waals surface area contributed by atoms with Gasteiger partial charge in [-0.15, -0.1) is 0 Å². The van der Waals surface area contributed by atoms with Crippen LogP contribution in [0.1, 0.15) is 39.0 Å². The third kappa shape index (κ3) is 3.27. The van der Waals surface area contributed by atoms with Gasteiger partial charge >= 0.3 is 0 Å². The van der Waals surface area contributed by atoms with Crippen LogP contribution in [-0.4, -0.2) is 24.2 Å². The van der Waals surface area contributed by atoms with Gasteiger partial charge in [-0.3, -0.25) is 4.68 Å². The average Bonchev–Trinajstić information content (AvgIpc) is 2.70. The van der Waals surface area contributed by atoms with Crippen molar-refractivity contribution in [2.45, 2.75) is 50.0 Å². The zero-order valence-electron chi connectivity index (χ0n) is 11.5. The summed E-state index contributed by atoms with van der Waals surface area (Å²) in [5.74, 6) is 0.793. The Morgan fingerprint density at radius 3 is 2.53 bits per heavy atom. The topological polar surface area (TPSA) is 90.0 Å². The molecule has 1 saturated carbocycles. The minimum atomic E-state index is -3.55. The molecule has 0 spiro atoms. The molecule has 0 saturated heterocycles. The van der Waals surface area contributed by atoms with E-state index in [2.05, 4.69) is 16.7 Å². The lowest BCUT2D eigenvalue weighted by Gasteiger charge is -2.28. The van der Waals surface area contributed by atoms with Gasteiger partial charge in [0, 0.05) is 19.3 Å². The van der Waals surface area contributed by atoms with Crippen LogP contribution in [0.5, 0.6) is 0 Å². The van der Waals surface area contributed by atoms with Gasteiger partial charge in [0.05, 0.1) is 0 Å². The van der Waals surface area contributed by atoms with Crippen molar-refractivity contribution in [1.29, 1.82) is 0 Å². The van der Waals surface area contributed by atoms with Crippen molar-refractivity contribution in [2.24, 2.45) is 13.0 Å². The van der Waals surface area contributed by atoms with Crippen LogP contribution in [0.25, 0.3) is 0 Å². The quantitative estimate of drug-likeness (QED) is 0.871. The van der Waals surface area contributed by atoms with Gasteiger partial charge in [-0.2, -0.15) is 5.10 Å². The average molecular weight is 286 g/mol. The van der Waals surface area contributed by atoms with E-state index in [1.165, 1.54) is 17.3 Å². The molecule has 7 heteroatoms. The van der Waals surface area contributed by atoms with Gasteiger partial charge in [0.1, 0.15) is 4.90 Å². The Morgan fingerprint density at radius 2 is 2.05 bits per heavy atom. The van der Waals surface area contributed by atoms with Crippen molar-refractivity contribution in [2.75, 3.05) is 5.73 Å². The fourth-order valence-corrected chi connectivity index (χ4v) is 4.07. The van der Waals surface area contributed by atoms with Gasteiger partial charge in [-0.25, -0.2) is 13.1 Å². The van der Waals surface area contributed by atoms with E-state index in [9.17, 15) is 8.42 Å². The number of aryl methyl sites for hydroxylation is 1. The highest BCUT2D eigenvalue weighted by atomic mass is 32.2. The summed E-state index contributed by atoms with van der Waals surface area (Å²) in [5, 5.41) is 3.87. The smallest absolute Gasteiger partial charge is 0.246 e. The molecule has 108 valence electrons. The molecule has 0 aromatic carbocycles. The molecule has 1 heterocycles. The standard InChI is InChI=1S/C12H22N4O2S/c1-3-9-4-6-10(7-5-9)15-19(17,18)11-8-16(2)14-12(11)13/h8-10,15H,3-7H2,1-2H3,(H2,13,14). The van der Waals surface area contributed by atoms with Crippen molar-refractivity contribution >= 4 is 15.8 Å². The molecular formula is C12H22N4O2S. The number of nitrogens with one attached hydrogen (secondary N) is 1. The fourth-order valence-electron chi connectivity index (χ4n) is 2.66. The molecule has 19 heavy (non-hydrogen) atoms. The van der Waals surface area contributed by atoms with Crippen molar-refractivity contribution < 1.29 is 8.42 Å². The maximum Gasteiger partial charge on any atom is 0.246 e. The predicted octanol–water partition coefficient (Wildman–Crippen LogP) is 1.25. The number of hydrogen-bond donors (Lipinski definition) is 2. The minimum Gasteiger partial charge on any atom is -0.381 e. The van der Waals surface area contributed by atoms with Crippen LogP contribution in [0.3, 0.4) is 0 Å². The third-order valence-corrected chi connectivity index (χ3v) is 5.39. The van der Waals surface area contributed by atoms with Gasteiger partial charge < -0.3 is 5.73 Å². The summed E-state index contributed by atoms with van der Waals surface area (Å²) >= 11 is 0. The van der Waals surface area contributed by atoms with Gasteiger partial charge in [-0.1, -0.05) is 13.3 Å². The van der Waals surface area contributed by atoms with E-state index < -0.39 is 10.0 Å². The Balaban J connectivity index is 2.04. The maximum atomic E-state index is 12.2. The number of nitrogens with two attached hydrogens (primary N) is 1. The minimum absolute atomic E-state index is 0.0207. The summed E-state index contributed by atoms with van der Waals surface area (Å²) < 4.78 is 28.6. The van der Waals surface area contributed by atoms with E-state index in [1.54, 1.807) is 7.05 Å². The summed E-state index contributed by atoms with van der Waals surface area (Å²) in [4.78, 5) is 0.0765. The summed E-state index contributed by atoms with van der Waals surface area (Å²) in [6.45, 7) is 2.19. The maximum absolute atomic E-state index is 12.2. The largest absolute Gasteiger partial charge is 0.381 e.